The van der Waals surface area contributed by atoms with Gasteiger partial charge in [-0.15, -0.1) is 0 Å². The van der Waals surface area contributed by atoms with E-state index in [2.05, 4.69) is 26.5 Å². The molecule has 17 heavy (non-hydrogen) atoms. The fourth-order valence-electron chi connectivity index (χ4n) is 1.33. The van der Waals surface area contributed by atoms with Gasteiger partial charge in [0.25, 0.3) is 0 Å². The van der Waals surface area contributed by atoms with Gasteiger partial charge < -0.3 is 0 Å². The first kappa shape index (κ1) is 12.1. The highest BCUT2D eigenvalue weighted by molar-refractivity contribution is 9.10. The highest BCUT2D eigenvalue weighted by Crippen LogP contribution is 2.15. The lowest BCUT2D eigenvalue weighted by Gasteiger charge is -2.00. The molecule has 0 aliphatic heterocycles. The molecule has 0 fully saturated rings. The van der Waals surface area contributed by atoms with Crippen molar-refractivity contribution in [2.45, 2.75) is 0 Å². The van der Waals surface area contributed by atoms with Crippen molar-refractivity contribution in [1.29, 1.82) is 0 Å². The summed E-state index contributed by atoms with van der Waals surface area (Å²) < 4.78 is 1.03. The zero-order valence-corrected chi connectivity index (χ0v) is 11.2. The van der Waals surface area contributed by atoms with Crippen LogP contribution in [-0.4, -0.2) is 6.21 Å². The van der Waals surface area contributed by atoms with Gasteiger partial charge >= 0.3 is 0 Å². The van der Waals surface area contributed by atoms with Gasteiger partial charge in [-0.2, -0.15) is 5.10 Å². The van der Waals surface area contributed by atoms with Crippen LogP contribution in [0.15, 0.2) is 58.1 Å². The number of hydrazone groups is 1. The van der Waals surface area contributed by atoms with Gasteiger partial charge in [-0.3, -0.25) is 5.43 Å². The molecule has 0 aromatic heterocycles. The third-order valence-electron chi connectivity index (χ3n) is 2.08. The topological polar surface area (TPSA) is 24.4 Å². The molecule has 2 nitrogen and oxygen atoms in total. The van der Waals surface area contributed by atoms with Gasteiger partial charge in [0.1, 0.15) is 0 Å². The van der Waals surface area contributed by atoms with E-state index in [1.54, 1.807) is 6.21 Å². The number of nitrogens with one attached hydrogen (secondary N) is 1. The average Bonchev–Trinajstić information content (AvgIpc) is 2.29. The molecule has 0 spiro atoms. The van der Waals surface area contributed by atoms with Crippen molar-refractivity contribution in [1.82, 2.24) is 0 Å². The van der Waals surface area contributed by atoms with E-state index < -0.39 is 0 Å². The molecule has 0 amide bonds. The average molecular weight is 310 g/mol. The summed E-state index contributed by atoms with van der Waals surface area (Å²) in [5.41, 5.74) is 4.81. The fourth-order valence-corrected chi connectivity index (χ4v) is 1.93. The largest absolute Gasteiger partial charge is 0.278 e. The Hall–Kier alpha value is -1.32. The number of anilines is 1. The molecule has 0 aliphatic carbocycles. The molecule has 0 heterocycles. The maximum atomic E-state index is 5.86. The molecule has 0 aliphatic rings. The molecule has 2 aromatic carbocycles. The van der Waals surface area contributed by atoms with Crippen molar-refractivity contribution in [2.75, 3.05) is 5.43 Å². The second kappa shape index (κ2) is 5.84. The van der Waals surface area contributed by atoms with Gasteiger partial charge in [-0.05, 0) is 35.9 Å². The summed E-state index contributed by atoms with van der Waals surface area (Å²) in [5, 5.41) is 4.83. The standard InChI is InChI=1S/C13H10BrClN2/c14-11-4-1-3-10(7-11)9-16-17-13-6-2-5-12(15)8-13/h1-9,17H. The van der Waals surface area contributed by atoms with E-state index in [0.717, 1.165) is 15.7 Å². The van der Waals surface area contributed by atoms with E-state index in [-0.39, 0.29) is 0 Å². The fraction of sp³-hybridized carbons (Fsp3) is 0. The molecule has 0 bridgehead atoms. The Kier molecular flexibility index (Phi) is 4.18. The van der Waals surface area contributed by atoms with Crippen LogP contribution in [0.2, 0.25) is 5.02 Å². The van der Waals surface area contributed by atoms with Crippen LogP contribution in [0.25, 0.3) is 0 Å². The number of hydrogen-bond donors (Lipinski definition) is 1. The van der Waals surface area contributed by atoms with Gasteiger partial charge in [-0.1, -0.05) is 45.7 Å². The van der Waals surface area contributed by atoms with E-state index in [0.29, 0.717) is 5.02 Å². The van der Waals surface area contributed by atoms with E-state index in [1.807, 2.05) is 48.5 Å². The van der Waals surface area contributed by atoms with Crippen LogP contribution >= 0.6 is 27.5 Å². The summed E-state index contributed by atoms with van der Waals surface area (Å²) in [4.78, 5) is 0. The summed E-state index contributed by atoms with van der Waals surface area (Å²) in [6.45, 7) is 0. The zero-order chi connectivity index (χ0) is 12.1. The van der Waals surface area contributed by atoms with Crippen LogP contribution in [0.5, 0.6) is 0 Å². The third kappa shape index (κ3) is 3.88. The summed E-state index contributed by atoms with van der Waals surface area (Å²) >= 11 is 9.27. The Balaban J connectivity index is 2.03. The highest BCUT2D eigenvalue weighted by atomic mass is 79.9. The van der Waals surface area contributed by atoms with E-state index in [9.17, 15) is 0 Å². The van der Waals surface area contributed by atoms with Crippen LogP contribution in [0.1, 0.15) is 5.56 Å². The van der Waals surface area contributed by atoms with E-state index >= 15 is 0 Å². The maximum Gasteiger partial charge on any atom is 0.0576 e. The van der Waals surface area contributed by atoms with Crippen LogP contribution in [0, 0.1) is 0 Å². The number of rotatable bonds is 3. The molecule has 2 aromatic rings. The number of hydrogen-bond acceptors (Lipinski definition) is 2. The first-order valence-corrected chi connectivity index (χ1v) is 6.21. The van der Waals surface area contributed by atoms with Gasteiger partial charge in [0.2, 0.25) is 0 Å². The quantitative estimate of drug-likeness (QED) is 0.653. The van der Waals surface area contributed by atoms with E-state index in [4.69, 9.17) is 11.6 Å². The Labute approximate surface area is 113 Å². The predicted octanol–water partition coefficient (Wildman–Crippen LogP) is 4.55. The summed E-state index contributed by atoms with van der Waals surface area (Å²) in [6.07, 6.45) is 1.76. The van der Waals surface area contributed by atoms with Gasteiger partial charge in [0, 0.05) is 9.50 Å². The molecule has 2 rings (SSSR count). The second-order valence-corrected chi connectivity index (χ2v) is 4.79. The molecule has 0 unspecified atom stereocenters. The Bertz CT molecular complexity index is 540. The summed E-state index contributed by atoms with van der Waals surface area (Å²) in [6, 6.07) is 15.3. The number of nitrogens with zero attached hydrogens (tertiary/aromatic N) is 1. The minimum Gasteiger partial charge on any atom is -0.278 e. The lowest BCUT2D eigenvalue weighted by atomic mass is 10.2. The first-order chi connectivity index (χ1) is 8.24. The van der Waals surface area contributed by atoms with Gasteiger partial charge in [-0.25, -0.2) is 0 Å². The molecule has 1 N–H and O–H groups in total. The van der Waals surface area contributed by atoms with E-state index in [1.165, 1.54) is 0 Å². The van der Waals surface area contributed by atoms with Crippen molar-refractivity contribution in [3.63, 3.8) is 0 Å². The van der Waals surface area contributed by atoms with Crippen LogP contribution in [0.4, 0.5) is 5.69 Å². The van der Waals surface area contributed by atoms with Crippen molar-refractivity contribution in [3.05, 3.63) is 63.6 Å². The Morgan fingerprint density at radius 3 is 2.71 bits per heavy atom. The molecule has 0 saturated carbocycles. The smallest absolute Gasteiger partial charge is 0.0576 e. The maximum absolute atomic E-state index is 5.86. The lowest BCUT2D eigenvalue weighted by Crippen LogP contribution is -1.90. The minimum absolute atomic E-state index is 0.688. The zero-order valence-electron chi connectivity index (χ0n) is 8.90. The van der Waals surface area contributed by atoms with Gasteiger partial charge in [0.05, 0.1) is 11.9 Å². The molecule has 86 valence electrons. The predicted molar refractivity (Wildman–Crippen MR) is 76.8 cm³/mol. The first-order valence-electron chi connectivity index (χ1n) is 5.04. The lowest BCUT2D eigenvalue weighted by molar-refractivity contribution is 1.35. The summed E-state index contributed by atoms with van der Waals surface area (Å²) in [7, 11) is 0. The highest BCUT2D eigenvalue weighted by Gasteiger charge is 1.91. The van der Waals surface area contributed by atoms with Crippen LogP contribution < -0.4 is 5.43 Å². The minimum atomic E-state index is 0.688. The molecular formula is C13H10BrClN2. The second-order valence-electron chi connectivity index (χ2n) is 3.44. The molecule has 0 saturated heterocycles. The molecular weight excluding hydrogens is 300 g/mol. The molecule has 0 atom stereocenters. The van der Waals surface area contributed by atoms with Crippen molar-refractivity contribution in [2.24, 2.45) is 5.10 Å². The van der Waals surface area contributed by atoms with Crippen molar-refractivity contribution >= 4 is 39.4 Å². The van der Waals surface area contributed by atoms with Gasteiger partial charge in [0.15, 0.2) is 0 Å². The number of halogens is 2. The normalized spacial score (nSPS) is 10.7. The van der Waals surface area contributed by atoms with Crippen molar-refractivity contribution in [3.8, 4) is 0 Å². The van der Waals surface area contributed by atoms with Crippen LogP contribution in [-0.2, 0) is 0 Å². The van der Waals surface area contributed by atoms with Crippen molar-refractivity contribution < 1.29 is 0 Å². The SMILES string of the molecule is Clc1cccc(NN=Cc2cccc(Br)c2)c1. The molecule has 4 heteroatoms. The Morgan fingerprint density at radius 2 is 1.94 bits per heavy atom. The number of benzene rings is 2. The third-order valence-corrected chi connectivity index (χ3v) is 2.81. The molecule has 0 radical (unpaired) electrons. The summed E-state index contributed by atoms with van der Waals surface area (Å²) in [5.74, 6) is 0. The monoisotopic (exact) mass is 308 g/mol. The Morgan fingerprint density at radius 1 is 1.12 bits per heavy atom. The van der Waals surface area contributed by atoms with Crippen LogP contribution in [0.3, 0.4) is 0 Å².